The van der Waals surface area contributed by atoms with Crippen LogP contribution in [0.25, 0.3) is 0 Å². The van der Waals surface area contributed by atoms with E-state index in [2.05, 4.69) is 22.3 Å². The highest BCUT2D eigenvalue weighted by atomic mass is 16.5. The number of nitrogens with zero attached hydrogens (tertiary/aromatic N) is 2. The number of rotatable bonds is 3. The average molecular weight is 261 g/mol. The second-order valence-corrected chi connectivity index (χ2v) is 5.44. The van der Waals surface area contributed by atoms with E-state index < -0.39 is 0 Å². The van der Waals surface area contributed by atoms with Crippen LogP contribution >= 0.6 is 0 Å². The summed E-state index contributed by atoms with van der Waals surface area (Å²) in [5.41, 5.74) is 1.22. The number of likely N-dealkylation sites (tertiary alicyclic amines) is 1. The summed E-state index contributed by atoms with van der Waals surface area (Å²) in [5, 5.41) is 3.14. The Bertz CT molecular complexity index is 418. The van der Waals surface area contributed by atoms with E-state index in [0.717, 1.165) is 19.0 Å². The van der Waals surface area contributed by atoms with Gasteiger partial charge in [0.05, 0.1) is 11.7 Å². The number of hydrogen-bond donors (Lipinski definition) is 1. The zero-order chi connectivity index (χ0) is 13.1. The number of hydrogen-bond acceptors (Lipinski definition) is 4. The molecule has 2 saturated heterocycles. The maximum Gasteiger partial charge on any atom is 0.126 e. The molecule has 2 aliphatic heterocycles. The van der Waals surface area contributed by atoms with Crippen LogP contribution in [0.2, 0.25) is 0 Å². The lowest BCUT2D eigenvalue weighted by Gasteiger charge is -2.35. The molecular formula is C15H23N3O. The second kappa shape index (κ2) is 5.88. The molecular weight excluding hydrogens is 238 g/mol. The van der Waals surface area contributed by atoms with Gasteiger partial charge >= 0.3 is 0 Å². The summed E-state index contributed by atoms with van der Waals surface area (Å²) < 4.78 is 5.48. The molecule has 0 radical (unpaired) electrons. The highest BCUT2D eigenvalue weighted by molar-refractivity contribution is 5.35. The second-order valence-electron chi connectivity index (χ2n) is 5.44. The number of ether oxygens (including phenoxy) is 1. The van der Waals surface area contributed by atoms with E-state index in [0.29, 0.717) is 12.1 Å². The summed E-state index contributed by atoms with van der Waals surface area (Å²) in [7, 11) is 1.93. The van der Waals surface area contributed by atoms with Gasteiger partial charge in [-0.05, 0) is 44.4 Å². The van der Waals surface area contributed by atoms with Crippen LogP contribution in [0.15, 0.2) is 18.2 Å². The lowest BCUT2D eigenvalue weighted by Crippen LogP contribution is -2.39. The fourth-order valence-corrected chi connectivity index (χ4v) is 3.34. The molecule has 3 heterocycles. The summed E-state index contributed by atoms with van der Waals surface area (Å²) >= 11 is 0. The summed E-state index contributed by atoms with van der Waals surface area (Å²) in [4.78, 5) is 7.39. The highest BCUT2D eigenvalue weighted by Crippen LogP contribution is 2.35. The Morgan fingerprint density at radius 1 is 1.26 bits per heavy atom. The third kappa shape index (κ3) is 2.74. The summed E-state index contributed by atoms with van der Waals surface area (Å²) in [6.45, 7) is 3.04. The highest BCUT2D eigenvalue weighted by Gasteiger charge is 2.33. The van der Waals surface area contributed by atoms with Gasteiger partial charge < -0.3 is 10.1 Å². The topological polar surface area (TPSA) is 37.4 Å². The predicted octanol–water partition coefficient (Wildman–Crippen LogP) is 2.44. The quantitative estimate of drug-likeness (QED) is 0.907. The monoisotopic (exact) mass is 261 g/mol. The normalized spacial score (nSPS) is 25.6. The third-order valence-electron chi connectivity index (χ3n) is 4.32. The molecule has 0 spiro atoms. The molecule has 4 nitrogen and oxygen atoms in total. The molecule has 1 aromatic rings. The first-order chi connectivity index (χ1) is 9.38. The van der Waals surface area contributed by atoms with Crippen LogP contribution in [0.4, 0.5) is 5.82 Å². The number of nitrogens with one attached hydrogen (secondary N) is 1. The first-order valence-corrected chi connectivity index (χ1v) is 7.36. The zero-order valence-electron chi connectivity index (χ0n) is 11.6. The smallest absolute Gasteiger partial charge is 0.126 e. The molecule has 2 aliphatic rings. The molecule has 0 bridgehead atoms. The predicted molar refractivity (Wildman–Crippen MR) is 76.3 cm³/mol. The first-order valence-electron chi connectivity index (χ1n) is 7.36. The van der Waals surface area contributed by atoms with Crippen molar-refractivity contribution >= 4 is 5.82 Å². The van der Waals surface area contributed by atoms with E-state index in [4.69, 9.17) is 9.72 Å². The SMILES string of the molecule is CNc1cccc([C@@H]2CCCN2C2CCOCC2)n1. The molecule has 4 heteroatoms. The Morgan fingerprint density at radius 3 is 2.89 bits per heavy atom. The molecule has 1 N–H and O–H groups in total. The molecule has 1 aromatic heterocycles. The molecule has 2 fully saturated rings. The van der Waals surface area contributed by atoms with Gasteiger partial charge in [-0.3, -0.25) is 4.90 Å². The van der Waals surface area contributed by atoms with E-state index in [-0.39, 0.29) is 0 Å². The molecule has 0 aromatic carbocycles. The Morgan fingerprint density at radius 2 is 2.11 bits per heavy atom. The van der Waals surface area contributed by atoms with E-state index in [1.165, 1.54) is 37.9 Å². The van der Waals surface area contributed by atoms with E-state index >= 15 is 0 Å². The van der Waals surface area contributed by atoms with Gasteiger partial charge in [-0.25, -0.2) is 4.98 Å². The molecule has 0 unspecified atom stereocenters. The lowest BCUT2D eigenvalue weighted by atomic mass is 10.0. The van der Waals surface area contributed by atoms with E-state index in [9.17, 15) is 0 Å². The first kappa shape index (κ1) is 12.9. The summed E-state index contributed by atoms with van der Waals surface area (Å²) in [5.74, 6) is 0.969. The lowest BCUT2D eigenvalue weighted by molar-refractivity contribution is 0.0285. The zero-order valence-corrected chi connectivity index (χ0v) is 11.6. The van der Waals surface area contributed by atoms with Crippen molar-refractivity contribution in [2.24, 2.45) is 0 Å². The molecule has 0 aliphatic carbocycles. The van der Waals surface area contributed by atoms with Crippen LogP contribution in [0.5, 0.6) is 0 Å². The van der Waals surface area contributed by atoms with Gasteiger partial charge in [0.1, 0.15) is 5.82 Å². The van der Waals surface area contributed by atoms with Crippen LogP contribution in [0, 0.1) is 0 Å². The van der Waals surface area contributed by atoms with Gasteiger partial charge in [-0.1, -0.05) is 6.07 Å². The van der Waals surface area contributed by atoms with Gasteiger partial charge in [0, 0.05) is 26.3 Å². The van der Waals surface area contributed by atoms with Gasteiger partial charge in [-0.15, -0.1) is 0 Å². The van der Waals surface area contributed by atoms with Gasteiger partial charge in [0.15, 0.2) is 0 Å². The standard InChI is InChI=1S/C15H23N3O/c1-16-15-6-2-4-13(17-15)14-5-3-9-18(14)12-7-10-19-11-8-12/h2,4,6,12,14H,3,5,7-11H2,1H3,(H,16,17)/t14-/m0/s1. The molecule has 1 atom stereocenters. The fourth-order valence-electron chi connectivity index (χ4n) is 3.34. The minimum Gasteiger partial charge on any atom is -0.381 e. The minimum atomic E-state index is 0.497. The number of anilines is 1. The van der Waals surface area contributed by atoms with Crippen LogP contribution in [-0.4, -0.2) is 42.7 Å². The van der Waals surface area contributed by atoms with Crippen molar-refractivity contribution in [1.82, 2.24) is 9.88 Å². The Hall–Kier alpha value is -1.13. The molecule has 104 valence electrons. The van der Waals surface area contributed by atoms with Crippen molar-refractivity contribution in [2.75, 3.05) is 32.1 Å². The fraction of sp³-hybridized carbons (Fsp3) is 0.667. The molecule has 0 saturated carbocycles. The van der Waals surface area contributed by atoms with Crippen LogP contribution < -0.4 is 5.32 Å². The van der Waals surface area contributed by atoms with Crippen molar-refractivity contribution in [3.05, 3.63) is 23.9 Å². The minimum absolute atomic E-state index is 0.497. The van der Waals surface area contributed by atoms with Crippen LogP contribution in [0.1, 0.15) is 37.4 Å². The molecule has 0 amide bonds. The number of pyridine rings is 1. The summed E-state index contributed by atoms with van der Waals surface area (Å²) in [6, 6.07) is 7.48. The van der Waals surface area contributed by atoms with Crippen molar-refractivity contribution < 1.29 is 4.74 Å². The molecule has 3 rings (SSSR count). The summed E-state index contributed by atoms with van der Waals surface area (Å²) in [6.07, 6.45) is 4.86. The van der Waals surface area contributed by atoms with Crippen LogP contribution in [0.3, 0.4) is 0 Å². The Balaban J connectivity index is 1.77. The Kier molecular flexibility index (Phi) is 3.99. The maximum absolute atomic E-state index is 5.48. The maximum atomic E-state index is 5.48. The van der Waals surface area contributed by atoms with Gasteiger partial charge in [-0.2, -0.15) is 0 Å². The van der Waals surface area contributed by atoms with E-state index in [1.807, 2.05) is 13.1 Å². The van der Waals surface area contributed by atoms with Gasteiger partial charge in [0.25, 0.3) is 0 Å². The van der Waals surface area contributed by atoms with Crippen molar-refractivity contribution in [1.29, 1.82) is 0 Å². The van der Waals surface area contributed by atoms with Crippen LogP contribution in [-0.2, 0) is 4.74 Å². The number of aromatic nitrogens is 1. The van der Waals surface area contributed by atoms with Gasteiger partial charge in [0.2, 0.25) is 0 Å². The average Bonchev–Trinajstić information content (AvgIpc) is 2.98. The van der Waals surface area contributed by atoms with E-state index in [1.54, 1.807) is 0 Å². The van der Waals surface area contributed by atoms with Crippen molar-refractivity contribution in [2.45, 2.75) is 37.8 Å². The Labute approximate surface area is 115 Å². The van der Waals surface area contributed by atoms with Crippen molar-refractivity contribution in [3.8, 4) is 0 Å². The molecule has 19 heavy (non-hydrogen) atoms. The van der Waals surface area contributed by atoms with Crippen molar-refractivity contribution in [3.63, 3.8) is 0 Å². The largest absolute Gasteiger partial charge is 0.381 e. The third-order valence-corrected chi connectivity index (χ3v) is 4.32.